The zero-order chi connectivity index (χ0) is 16.3. The van der Waals surface area contributed by atoms with Gasteiger partial charge in [-0.3, -0.25) is 9.69 Å². The molecule has 0 aliphatic heterocycles. The maximum Gasteiger partial charge on any atom is 0.329 e. The third kappa shape index (κ3) is 3.30. The van der Waals surface area contributed by atoms with Gasteiger partial charge in [-0.1, -0.05) is 42.7 Å². The van der Waals surface area contributed by atoms with E-state index in [4.69, 9.17) is 0 Å². The van der Waals surface area contributed by atoms with Gasteiger partial charge in [0.1, 0.15) is 11.6 Å². The molecule has 0 radical (unpaired) electrons. The van der Waals surface area contributed by atoms with Crippen LogP contribution < -0.4 is 5.32 Å². The number of carbonyl (C=O) groups excluding carboxylic acids is 1. The highest BCUT2D eigenvalue weighted by molar-refractivity contribution is 5.90. The summed E-state index contributed by atoms with van der Waals surface area (Å²) in [6.45, 7) is 1.99. The van der Waals surface area contributed by atoms with Gasteiger partial charge in [0.25, 0.3) is 0 Å². The van der Waals surface area contributed by atoms with Crippen LogP contribution in [0.1, 0.15) is 42.9 Å². The lowest BCUT2D eigenvalue weighted by atomic mass is 9.95. The Balaban J connectivity index is 2.23. The van der Waals surface area contributed by atoms with Gasteiger partial charge < -0.3 is 10.4 Å². The number of benzene rings is 1. The Morgan fingerprint density at radius 2 is 1.73 bits per heavy atom. The molecule has 5 nitrogen and oxygen atoms in total. The number of nitrogens with one attached hydrogen (secondary N) is 1. The number of amides is 1. The number of carbonyl (C=O) groups is 2. The Hall–Kier alpha value is -1.88. The summed E-state index contributed by atoms with van der Waals surface area (Å²) in [5, 5.41) is 12.3. The van der Waals surface area contributed by atoms with E-state index in [0.717, 1.165) is 24.0 Å². The van der Waals surface area contributed by atoms with Crippen LogP contribution in [0.4, 0.5) is 0 Å². The average molecular weight is 304 g/mol. The lowest BCUT2D eigenvalue weighted by Crippen LogP contribution is -2.55. The van der Waals surface area contributed by atoms with Crippen LogP contribution in [0.15, 0.2) is 24.3 Å². The molecule has 0 aromatic heterocycles. The highest BCUT2D eigenvalue weighted by Crippen LogP contribution is 2.31. The third-order valence-electron chi connectivity index (χ3n) is 4.39. The zero-order valence-electron chi connectivity index (χ0n) is 13.4. The highest BCUT2D eigenvalue weighted by atomic mass is 16.4. The summed E-state index contributed by atoms with van der Waals surface area (Å²) in [7, 11) is 3.65. The maximum atomic E-state index is 12.7. The second-order valence-corrected chi connectivity index (χ2v) is 6.36. The largest absolute Gasteiger partial charge is 0.480 e. The molecule has 1 aromatic rings. The summed E-state index contributed by atoms with van der Waals surface area (Å²) in [6, 6.07) is 7.27. The van der Waals surface area contributed by atoms with Crippen LogP contribution >= 0.6 is 0 Å². The topological polar surface area (TPSA) is 69.6 Å². The predicted octanol–water partition coefficient (Wildman–Crippen LogP) is 2.11. The van der Waals surface area contributed by atoms with E-state index in [1.54, 1.807) is 0 Å². The van der Waals surface area contributed by atoms with Crippen molar-refractivity contribution in [2.75, 3.05) is 14.1 Å². The molecule has 0 bridgehead atoms. The molecule has 1 aromatic carbocycles. The highest BCUT2D eigenvalue weighted by Gasteiger charge is 2.44. The predicted molar refractivity (Wildman–Crippen MR) is 84.6 cm³/mol. The Morgan fingerprint density at radius 1 is 1.18 bits per heavy atom. The second kappa shape index (κ2) is 6.48. The lowest BCUT2D eigenvalue weighted by Gasteiger charge is -2.30. The first kappa shape index (κ1) is 16.5. The number of carboxylic acid groups (broad SMARTS) is 1. The van der Waals surface area contributed by atoms with E-state index in [-0.39, 0.29) is 5.91 Å². The molecule has 0 heterocycles. The molecule has 120 valence electrons. The molecule has 1 atom stereocenters. The number of aliphatic carboxylic acids is 1. The first-order chi connectivity index (χ1) is 10.4. The summed E-state index contributed by atoms with van der Waals surface area (Å²) in [5.74, 6) is -1.18. The van der Waals surface area contributed by atoms with Crippen molar-refractivity contribution in [1.82, 2.24) is 10.2 Å². The van der Waals surface area contributed by atoms with Gasteiger partial charge in [0.2, 0.25) is 5.91 Å². The first-order valence-electron chi connectivity index (χ1n) is 7.64. The number of likely N-dealkylation sites (N-methyl/N-ethyl adjacent to an activating group) is 1. The molecule has 1 aliphatic rings. The van der Waals surface area contributed by atoms with E-state index in [9.17, 15) is 14.7 Å². The van der Waals surface area contributed by atoms with Crippen LogP contribution in [0.25, 0.3) is 0 Å². The van der Waals surface area contributed by atoms with E-state index in [1.165, 1.54) is 0 Å². The third-order valence-corrected chi connectivity index (χ3v) is 4.39. The fourth-order valence-electron chi connectivity index (χ4n) is 3.11. The molecule has 5 heteroatoms. The van der Waals surface area contributed by atoms with Crippen LogP contribution in [-0.2, 0) is 9.59 Å². The normalized spacial score (nSPS) is 18.2. The van der Waals surface area contributed by atoms with Crippen LogP contribution in [0.5, 0.6) is 0 Å². The molecule has 0 saturated heterocycles. The molecule has 1 aliphatic carbocycles. The molecule has 1 amide bonds. The van der Waals surface area contributed by atoms with Crippen molar-refractivity contribution < 1.29 is 14.7 Å². The molecular weight excluding hydrogens is 280 g/mol. The van der Waals surface area contributed by atoms with Gasteiger partial charge in [-0.25, -0.2) is 4.79 Å². The summed E-state index contributed by atoms with van der Waals surface area (Å²) in [6.07, 6.45) is 2.68. The summed E-state index contributed by atoms with van der Waals surface area (Å²) >= 11 is 0. The van der Waals surface area contributed by atoms with E-state index in [1.807, 2.05) is 50.2 Å². The van der Waals surface area contributed by atoms with Crippen molar-refractivity contribution >= 4 is 11.9 Å². The van der Waals surface area contributed by atoms with Crippen LogP contribution in [0.3, 0.4) is 0 Å². The molecule has 1 fully saturated rings. The molecule has 1 saturated carbocycles. The summed E-state index contributed by atoms with van der Waals surface area (Å²) in [4.78, 5) is 26.1. The molecule has 0 spiro atoms. The number of nitrogens with zero attached hydrogens (tertiary/aromatic N) is 1. The molecule has 2 rings (SSSR count). The molecule has 2 N–H and O–H groups in total. The van der Waals surface area contributed by atoms with E-state index < -0.39 is 17.6 Å². The van der Waals surface area contributed by atoms with Gasteiger partial charge in [-0.15, -0.1) is 0 Å². The van der Waals surface area contributed by atoms with Crippen molar-refractivity contribution in [2.45, 2.75) is 44.2 Å². The fourth-order valence-corrected chi connectivity index (χ4v) is 3.11. The van der Waals surface area contributed by atoms with Crippen molar-refractivity contribution in [1.29, 1.82) is 0 Å². The van der Waals surface area contributed by atoms with E-state index in [2.05, 4.69) is 5.32 Å². The van der Waals surface area contributed by atoms with Crippen molar-refractivity contribution in [3.8, 4) is 0 Å². The van der Waals surface area contributed by atoms with Gasteiger partial charge in [0.05, 0.1) is 0 Å². The van der Waals surface area contributed by atoms with Crippen molar-refractivity contribution in [3.05, 3.63) is 35.4 Å². The van der Waals surface area contributed by atoms with Gasteiger partial charge in [0, 0.05) is 0 Å². The van der Waals surface area contributed by atoms with Gasteiger partial charge in [-0.2, -0.15) is 0 Å². The van der Waals surface area contributed by atoms with Crippen molar-refractivity contribution in [3.63, 3.8) is 0 Å². The van der Waals surface area contributed by atoms with Crippen LogP contribution in [0.2, 0.25) is 0 Å². The number of hydrogen-bond donors (Lipinski definition) is 2. The minimum Gasteiger partial charge on any atom is -0.480 e. The SMILES string of the molecule is Cc1ccc([C@@H](C(=O)NC2(C(=O)O)CCCC2)N(C)C)cc1. The van der Waals surface area contributed by atoms with Crippen molar-refractivity contribution in [2.24, 2.45) is 0 Å². The van der Waals surface area contributed by atoms with Gasteiger partial charge >= 0.3 is 5.97 Å². The Kier molecular flexibility index (Phi) is 4.86. The molecule has 0 unspecified atom stereocenters. The fraction of sp³-hybridized carbons (Fsp3) is 0.529. The Morgan fingerprint density at radius 3 is 2.18 bits per heavy atom. The van der Waals surface area contributed by atoms with Gasteiger partial charge in [0.15, 0.2) is 0 Å². The van der Waals surface area contributed by atoms with Crippen LogP contribution in [-0.4, -0.2) is 41.5 Å². The molecular formula is C17H24N2O3. The van der Waals surface area contributed by atoms with E-state index in [0.29, 0.717) is 12.8 Å². The lowest BCUT2D eigenvalue weighted by molar-refractivity contribution is -0.148. The zero-order valence-corrected chi connectivity index (χ0v) is 13.4. The number of carboxylic acids is 1. The quantitative estimate of drug-likeness (QED) is 0.874. The smallest absolute Gasteiger partial charge is 0.329 e. The maximum absolute atomic E-state index is 12.7. The number of rotatable bonds is 5. The summed E-state index contributed by atoms with van der Waals surface area (Å²) < 4.78 is 0. The Bertz CT molecular complexity index is 546. The monoisotopic (exact) mass is 304 g/mol. The average Bonchev–Trinajstić information content (AvgIpc) is 2.90. The number of hydrogen-bond acceptors (Lipinski definition) is 3. The molecule has 22 heavy (non-hydrogen) atoms. The second-order valence-electron chi connectivity index (χ2n) is 6.36. The summed E-state index contributed by atoms with van der Waals surface area (Å²) in [5.41, 5.74) is 0.891. The standard InChI is InChI=1S/C17H24N2O3/c1-12-6-8-13(9-7-12)14(19(2)3)15(20)18-17(16(21)22)10-4-5-11-17/h6-9,14H,4-5,10-11H2,1-3H3,(H,18,20)(H,21,22)/t14-/m0/s1. The van der Waals surface area contributed by atoms with E-state index >= 15 is 0 Å². The van der Waals surface area contributed by atoms with Gasteiger partial charge in [-0.05, 0) is 39.4 Å². The Labute approximate surface area is 131 Å². The van der Waals surface area contributed by atoms with Crippen LogP contribution in [0, 0.1) is 6.92 Å². The minimum atomic E-state index is -1.10. The number of aryl methyl sites for hydroxylation is 1. The minimum absolute atomic E-state index is 0.252. The first-order valence-corrected chi connectivity index (χ1v) is 7.64.